The van der Waals surface area contributed by atoms with Gasteiger partial charge in [0.05, 0.1) is 0 Å². The zero-order valence-corrected chi connectivity index (χ0v) is 13.6. The molecule has 0 aliphatic heterocycles. The third-order valence-corrected chi connectivity index (χ3v) is 3.97. The van der Waals surface area contributed by atoms with Crippen LogP contribution in [0.5, 0.6) is 0 Å². The van der Waals surface area contributed by atoms with Crippen molar-refractivity contribution in [2.75, 3.05) is 6.54 Å². The Kier molecular flexibility index (Phi) is 5.63. The van der Waals surface area contributed by atoms with Gasteiger partial charge in [-0.2, -0.15) is 0 Å². The molecule has 2 aromatic carbocycles. The van der Waals surface area contributed by atoms with Crippen molar-refractivity contribution in [2.45, 2.75) is 26.3 Å². The van der Waals surface area contributed by atoms with Crippen molar-refractivity contribution in [1.29, 1.82) is 0 Å². The maximum atomic E-state index is 14.0. The molecule has 0 saturated carbocycles. The first-order valence-corrected chi connectivity index (χ1v) is 7.70. The summed E-state index contributed by atoms with van der Waals surface area (Å²) in [6, 6.07) is 10.7. The highest BCUT2D eigenvalue weighted by atomic mass is 35.5. The fourth-order valence-electron chi connectivity index (χ4n) is 2.48. The molecule has 0 fully saturated rings. The van der Waals surface area contributed by atoms with E-state index in [9.17, 15) is 4.39 Å². The normalized spacial score (nSPS) is 12.4. The molecule has 0 heterocycles. The second kappa shape index (κ2) is 7.26. The molecular weight excluding hydrogens is 308 g/mol. The number of nitrogens with one attached hydrogen (secondary N) is 1. The number of hydrogen-bond acceptors (Lipinski definition) is 1. The van der Waals surface area contributed by atoms with E-state index in [4.69, 9.17) is 23.2 Å². The smallest absolute Gasteiger partial charge is 0.127 e. The first-order chi connectivity index (χ1) is 10.0. The van der Waals surface area contributed by atoms with Crippen LogP contribution in [-0.2, 0) is 6.42 Å². The molecule has 1 unspecified atom stereocenters. The lowest BCUT2D eigenvalue weighted by atomic mass is 9.95. The Morgan fingerprint density at radius 2 is 1.76 bits per heavy atom. The molecule has 2 rings (SSSR count). The van der Waals surface area contributed by atoms with Crippen molar-refractivity contribution in [1.82, 2.24) is 5.32 Å². The molecule has 4 heteroatoms. The Morgan fingerprint density at radius 1 is 1.10 bits per heavy atom. The van der Waals surface area contributed by atoms with Gasteiger partial charge in [0.2, 0.25) is 0 Å². The Labute approximate surface area is 135 Å². The van der Waals surface area contributed by atoms with Crippen molar-refractivity contribution in [3.8, 4) is 0 Å². The van der Waals surface area contributed by atoms with E-state index in [1.807, 2.05) is 32.0 Å². The number of rotatable bonds is 5. The minimum absolute atomic E-state index is 0.0444. The van der Waals surface area contributed by atoms with Crippen LogP contribution in [0.4, 0.5) is 4.39 Å². The second-order valence-corrected chi connectivity index (χ2v) is 5.92. The highest BCUT2D eigenvalue weighted by molar-refractivity contribution is 6.30. The number of benzene rings is 2. The number of aryl methyl sites for hydroxylation is 1. The summed E-state index contributed by atoms with van der Waals surface area (Å²) in [5, 5.41) is 4.53. The van der Waals surface area contributed by atoms with Gasteiger partial charge < -0.3 is 5.32 Å². The first kappa shape index (κ1) is 16.3. The van der Waals surface area contributed by atoms with Gasteiger partial charge in [0, 0.05) is 16.1 Å². The molecule has 21 heavy (non-hydrogen) atoms. The molecule has 1 atom stereocenters. The van der Waals surface area contributed by atoms with E-state index in [-0.39, 0.29) is 11.9 Å². The van der Waals surface area contributed by atoms with Gasteiger partial charge in [-0.15, -0.1) is 0 Å². The van der Waals surface area contributed by atoms with Gasteiger partial charge in [-0.3, -0.25) is 0 Å². The molecular formula is C17H18Cl2FN. The fraction of sp³-hybridized carbons (Fsp3) is 0.294. The van der Waals surface area contributed by atoms with Crippen LogP contribution in [0, 0.1) is 12.7 Å². The maximum Gasteiger partial charge on any atom is 0.127 e. The summed E-state index contributed by atoms with van der Waals surface area (Å²) >= 11 is 11.8. The lowest BCUT2D eigenvalue weighted by Gasteiger charge is -2.21. The van der Waals surface area contributed by atoms with E-state index in [1.165, 1.54) is 6.07 Å². The van der Waals surface area contributed by atoms with Gasteiger partial charge in [0.15, 0.2) is 0 Å². The molecule has 0 spiro atoms. The van der Waals surface area contributed by atoms with Crippen molar-refractivity contribution in [3.63, 3.8) is 0 Å². The van der Waals surface area contributed by atoms with Gasteiger partial charge in [-0.05, 0) is 60.8 Å². The molecule has 112 valence electrons. The summed E-state index contributed by atoms with van der Waals surface area (Å²) in [4.78, 5) is 0. The summed E-state index contributed by atoms with van der Waals surface area (Å²) in [7, 11) is 0. The monoisotopic (exact) mass is 325 g/mol. The number of hydrogen-bond donors (Lipinski definition) is 1. The van der Waals surface area contributed by atoms with Gasteiger partial charge in [-0.1, -0.05) is 42.3 Å². The average molecular weight is 326 g/mol. The molecule has 1 N–H and O–H groups in total. The number of likely N-dealkylation sites (N-methyl/N-ethyl adjacent to an activating group) is 1. The Balaban J connectivity index is 2.30. The summed E-state index contributed by atoms with van der Waals surface area (Å²) in [6.45, 7) is 4.86. The van der Waals surface area contributed by atoms with Crippen LogP contribution in [0.25, 0.3) is 0 Å². The SMILES string of the molecule is CCNC(Cc1ccc(Cl)cc1F)c1ccc(Cl)cc1C. The van der Waals surface area contributed by atoms with Crippen molar-refractivity contribution in [3.05, 3.63) is 69.0 Å². The molecule has 2 aromatic rings. The maximum absolute atomic E-state index is 14.0. The fourth-order valence-corrected chi connectivity index (χ4v) is 2.86. The molecule has 1 nitrogen and oxygen atoms in total. The highest BCUT2D eigenvalue weighted by Gasteiger charge is 2.16. The summed E-state index contributed by atoms with van der Waals surface area (Å²) in [6.07, 6.45) is 0.569. The predicted molar refractivity (Wildman–Crippen MR) is 87.7 cm³/mol. The van der Waals surface area contributed by atoms with Crippen LogP contribution >= 0.6 is 23.2 Å². The molecule has 0 bridgehead atoms. The van der Waals surface area contributed by atoms with Crippen LogP contribution in [0.3, 0.4) is 0 Å². The van der Waals surface area contributed by atoms with Crippen molar-refractivity contribution < 1.29 is 4.39 Å². The van der Waals surface area contributed by atoms with Crippen molar-refractivity contribution in [2.24, 2.45) is 0 Å². The average Bonchev–Trinajstić information content (AvgIpc) is 2.41. The minimum atomic E-state index is -0.267. The van der Waals surface area contributed by atoms with E-state index in [1.54, 1.807) is 12.1 Å². The van der Waals surface area contributed by atoms with Gasteiger partial charge >= 0.3 is 0 Å². The van der Waals surface area contributed by atoms with Gasteiger partial charge in [-0.25, -0.2) is 4.39 Å². The van der Waals surface area contributed by atoms with Gasteiger partial charge in [0.1, 0.15) is 5.82 Å². The van der Waals surface area contributed by atoms with E-state index < -0.39 is 0 Å². The third-order valence-electron chi connectivity index (χ3n) is 3.50. The van der Waals surface area contributed by atoms with Crippen LogP contribution in [-0.4, -0.2) is 6.54 Å². The Hall–Kier alpha value is -1.09. The molecule has 0 radical (unpaired) electrons. The van der Waals surface area contributed by atoms with E-state index >= 15 is 0 Å². The standard InChI is InChI=1S/C17H18Cl2FN/c1-3-21-17(15-7-6-13(18)8-11(15)2)9-12-4-5-14(19)10-16(12)20/h4-8,10,17,21H,3,9H2,1-2H3. The Bertz CT molecular complexity index is 628. The predicted octanol–water partition coefficient (Wildman–Crippen LogP) is 5.33. The van der Waals surface area contributed by atoms with Crippen LogP contribution in [0.1, 0.15) is 29.7 Å². The number of halogens is 3. The second-order valence-electron chi connectivity index (χ2n) is 5.05. The molecule has 0 aliphatic rings. The first-order valence-electron chi connectivity index (χ1n) is 6.94. The van der Waals surface area contributed by atoms with Crippen LogP contribution < -0.4 is 5.32 Å². The third kappa shape index (κ3) is 4.19. The molecule has 0 amide bonds. The minimum Gasteiger partial charge on any atom is -0.310 e. The summed E-state index contributed by atoms with van der Waals surface area (Å²) < 4.78 is 14.0. The summed E-state index contributed by atoms with van der Waals surface area (Å²) in [5.74, 6) is -0.267. The quantitative estimate of drug-likeness (QED) is 0.782. The molecule has 0 aliphatic carbocycles. The zero-order valence-electron chi connectivity index (χ0n) is 12.1. The van der Waals surface area contributed by atoms with Gasteiger partial charge in [0.25, 0.3) is 0 Å². The lowest BCUT2D eigenvalue weighted by Crippen LogP contribution is -2.24. The molecule has 0 aromatic heterocycles. The van der Waals surface area contributed by atoms with Crippen LogP contribution in [0.2, 0.25) is 10.0 Å². The molecule has 0 saturated heterocycles. The van der Waals surface area contributed by atoms with E-state index in [0.29, 0.717) is 22.0 Å². The Morgan fingerprint density at radius 3 is 2.38 bits per heavy atom. The van der Waals surface area contributed by atoms with Crippen molar-refractivity contribution >= 4 is 23.2 Å². The lowest BCUT2D eigenvalue weighted by molar-refractivity contribution is 0.526. The van der Waals surface area contributed by atoms with E-state index in [2.05, 4.69) is 5.32 Å². The topological polar surface area (TPSA) is 12.0 Å². The highest BCUT2D eigenvalue weighted by Crippen LogP contribution is 2.26. The van der Waals surface area contributed by atoms with Crippen LogP contribution in [0.15, 0.2) is 36.4 Å². The zero-order chi connectivity index (χ0) is 15.4. The largest absolute Gasteiger partial charge is 0.310 e. The van der Waals surface area contributed by atoms with E-state index in [0.717, 1.165) is 17.7 Å². The summed E-state index contributed by atoms with van der Waals surface area (Å²) in [5.41, 5.74) is 2.89.